The van der Waals surface area contributed by atoms with Gasteiger partial charge in [-0.2, -0.15) is 0 Å². The maximum atomic E-state index is 12.1. The Morgan fingerprint density at radius 2 is 1.95 bits per heavy atom. The van der Waals surface area contributed by atoms with Crippen LogP contribution in [0.4, 0.5) is 5.69 Å². The number of hydrogen-bond donors (Lipinski definition) is 0. The van der Waals surface area contributed by atoms with Gasteiger partial charge < -0.3 is 9.64 Å². The van der Waals surface area contributed by atoms with E-state index in [-0.39, 0.29) is 5.97 Å². The summed E-state index contributed by atoms with van der Waals surface area (Å²) in [4.78, 5) is 15.8. The summed E-state index contributed by atoms with van der Waals surface area (Å²) < 4.78 is 4.98. The minimum atomic E-state index is -0.218. The van der Waals surface area contributed by atoms with Crippen LogP contribution < -0.4 is 4.90 Å². The van der Waals surface area contributed by atoms with Crippen LogP contribution in [0.5, 0.6) is 0 Å². The molecule has 1 saturated heterocycles. The van der Waals surface area contributed by atoms with Gasteiger partial charge in [-0.25, -0.2) is 4.79 Å². The van der Waals surface area contributed by atoms with Crippen molar-refractivity contribution in [3.63, 3.8) is 0 Å². The lowest BCUT2D eigenvalue weighted by molar-refractivity contribution is 0.0601. The van der Waals surface area contributed by atoms with Gasteiger partial charge >= 0.3 is 5.97 Å². The fourth-order valence-electron chi connectivity index (χ4n) is 3.41. The lowest BCUT2D eigenvalue weighted by Gasteiger charge is -2.35. The first-order valence-corrected chi connectivity index (χ1v) is 9.21. The van der Waals surface area contributed by atoms with E-state index in [0.29, 0.717) is 5.41 Å². The summed E-state index contributed by atoms with van der Waals surface area (Å²) in [6.45, 7) is 2.14. The monoisotopic (exact) mass is 317 g/mol. The molecule has 3 fully saturated rings. The molecule has 0 N–H and O–H groups in total. The van der Waals surface area contributed by atoms with Crippen LogP contribution in [-0.2, 0) is 4.74 Å². The minimum absolute atomic E-state index is 0.218. The number of carbonyl (C=O) groups excluding carboxylic acids is 1. The summed E-state index contributed by atoms with van der Waals surface area (Å²) in [5.74, 6) is -0.218. The van der Waals surface area contributed by atoms with E-state index in [2.05, 4.69) is 17.0 Å². The zero-order valence-corrected chi connectivity index (χ0v) is 14.0. The highest BCUT2D eigenvalue weighted by Gasteiger charge is 2.44. The normalized spacial score (nSPS) is 22.7. The first-order valence-electron chi connectivity index (χ1n) is 8.33. The number of benzene rings is 1. The van der Waals surface area contributed by atoms with Crippen molar-refractivity contribution >= 4 is 23.4 Å². The van der Waals surface area contributed by atoms with Crippen molar-refractivity contribution in [3.8, 4) is 0 Å². The average Bonchev–Trinajstić information content (AvgIpc) is 3.47. The molecule has 2 saturated carbocycles. The molecule has 118 valence electrons. The van der Waals surface area contributed by atoms with E-state index in [9.17, 15) is 4.79 Å². The van der Waals surface area contributed by atoms with Crippen molar-refractivity contribution in [2.24, 2.45) is 5.41 Å². The Balaban J connectivity index is 1.59. The zero-order chi connectivity index (χ0) is 15.2. The van der Waals surface area contributed by atoms with Gasteiger partial charge in [0.25, 0.3) is 0 Å². The molecule has 1 aliphatic heterocycles. The van der Waals surface area contributed by atoms with Crippen LogP contribution in [0.3, 0.4) is 0 Å². The molecular formula is C18H23NO2S. The number of esters is 1. The number of carbonyl (C=O) groups is 1. The van der Waals surface area contributed by atoms with E-state index in [1.165, 1.54) is 50.5 Å². The third-order valence-corrected chi connectivity index (χ3v) is 6.65. The topological polar surface area (TPSA) is 29.5 Å². The van der Waals surface area contributed by atoms with Crippen molar-refractivity contribution in [1.82, 2.24) is 0 Å². The SMILES string of the molecule is COC(=O)c1ccc(SC2CC2)cc1N1CCC2(CC1)CC2. The summed E-state index contributed by atoms with van der Waals surface area (Å²) in [5, 5.41) is 0.785. The molecule has 4 rings (SSSR count). The van der Waals surface area contributed by atoms with Crippen LogP contribution in [0.25, 0.3) is 0 Å². The Labute approximate surface area is 136 Å². The molecule has 2 aliphatic carbocycles. The van der Waals surface area contributed by atoms with Gasteiger partial charge in [0.1, 0.15) is 0 Å². The first kappa shape index (κ1) is 14.4. The number of piperidine rings is 1. The predicted octanol–water partition coefficient (Wildman–Crippen LogP) is 4.11. The summed E-state index contributed by atoms with van der Waals surface area (Å²) in [7, 11) is 1.47. The molecule has 0 unspecified atom stereocenters. The van der Waals surface area contributed by atoms with E-state index in [1.807, 2.05) is 17.8 Å². The Morgan fingerprint density at radius 1 is 1.23 bits per heavy atom. The molecule has 1 heterocycles. The number of ether oxygens (including phenoxy) is 1. The quantitative estimate of drug-likeness (QED) is 0.782. The van der Waals surface area contributed by atoms with Gasteiger partial charge in [0.15, 0.2) is 0 Å². The first-order chi connectivity index (χ1) is 10.7. The third kappa shape index (κ3) is 2.85. The Kier molecular flexibility index (Phi) is 3.60. The molecule has 0 radical (unpaired) electrons. The van der Waals surface area contributed by atoms with Gasteiger partial charge in [-0.15, -0.1) is 11.8 Å². The lowest BCUT2D eigenvalue weighted by Crippen LogP contribution is -2.35. The Bertz CT molecular complexity index is 583. The average molecular weight is 317 g/mol. The molecule has 0 atom stereocenters. The van der Waals surface area contributed by atoms with Gasteiger partial charge in [-0.3, -0.25) is 0 Å². The van der Waals surface area contributed by atoms with Crippen molar-refractivity contribution in [1.29, 1.82) is 0 Å². The van der Waals surface area contributed by atoms with Gasteiger partial charge in [-0.1, -0.05) is 0 Å². The maximum Gasteiger partial charge on any atom is 0.339 e. The summed E-state index contributed by atoms with van der Waals surface area (Å²) in [6, 6.07) is 6.23. The maximum absolute atomic E-state index is 12.1. The predicted molar refractivity (Wildman–Crippen MR) is 89.8 cm³/mol. The number of thioether (sulfide) groups is 1. The van der Waals surface area contributed by atoms with E-state index >= 15 is 0 Å². The number of nitrogens with zero attached hydrogens (tertiary/aromatic N) is 1. The minimum Gasteiger partial charge on any atom is -0.465 e. The van der Waals surface area contributed by atoms with Gasteiger partial charge in [-0.05, 0) is 62.1 Å². The zero-order valence-electron chi connectivity index (χ0n) is 13.1. The molecule has 0 bridgehead atoms. The largest absolute Gasteiger partial charge is 0.465 e. The van der Waals surface area contributed by atoms with Crippen LogP contribution in [0.15, 0.2) is 23.1 Å². The Hall–Kier alpha value is -1.16. The summed E-state index contributed by atoms with van der Waals surface area (Å²) in [6.07, 6.45) is 8.00. The van der Waals surface area contributed by atoms with E-state index in [4.69, 9.17) is 4.74 Å². The molecule has 3 aliphatic rings. The number of methoxy groups -OCH3 is 1. The van der Waals surface area contributed by atoms with E-state index in [0.717, 1.165) is 29.6 Å². The molecular weight excluding hydrogens is 294 g/mol. The molecule has 1 aromatic rings. The molecule has 3 nitrogen and oxygen atoms in total. The second-order valence-electron chi connectivity index (χ2n) is 6.97. The Morgan fingerprint density at radius 3 is 2.55 bits per heavy atom. The van der Waals surface area contributed by atoms with Crippen LogP contribution >= 0.6 is 11.8 Å². The van der Waals surface area contributed by atoms with E-state index in [1.54, 1.807) is 0 Å². The molecule has 4 heteroatoms. The fraction of sp³-hybridized carbons (Fsp3) is 0.611. The summed E-state index contributed by atoms with van der Waals surface area (Å²) in [5.41, 5.74) is 2.45. The van der Waals surface area contributed by atoms with Crippen molar-refractivity contribution in [2.75, 3.05) is 25.1 Å². The third-order valence-electron chi connectivity index (χ3n) is 5.32. The fourth-order valence-corrected chi connectivity index (χ4v) is 4.49. The van der Waals surface area contributed by atoms with Gasteiger partial charge in [0.05, 0.1) is 18.4 Å². The molecule has 0 aromatic heterocycles. The molecule has 1 aromatic carbocycles. The molecule has 0 amide bonds. The van der Waals surface area contributed by atoms with Crippen LogP contribution in [0.2, 0.25) is 0 Å². The van der Waals surface area contributed by atoms with Crippen molar-refractivity contribution in [2.45, 2.75) is 48.7 Å². The van der Waals surface area contributed by atoms with Crippen molar-refractivity contribution in [3.05, 3.63) is 23.8 Å². The lowest BCUT2D eigenvalue weighted by atomic mass is 9.93. The van der Waals surface area contributed by atoms with Crippen LogP contribution in [-0.4, -0.2) is 31.4 Å². The number of hydrogen-bond acceptors (Lipinski definition) is 4. The highest BCUT2D eigenvalue weighted by Crippen LogP contribution is 2.54. The van der Waals surface area contributed by atoms with Crippen LogP contribution in [0, 0.1) is 5.41 Å². The van der Waals surface area contributed by atoms with E-state index < -0.39 is 0 Å². The van der Waals surface area contributed by atoms with Crippen molar-refractivity contribution < 1.29 is 9.53 Å². The highest BCUT2D eigenvalue weighted by atomic mass is 32.2. The second-order valence-corrected chi connectivity index (χ2v) is 8.35. The summed E-state index contributed by atoms with van der Waals surface area (Å²) >= 11 is 1.95. The van der Waals surface area contributed by atoms with Gasteiger partial charge in [0, 0.05) is 23.2 Å². The molecule has 1 spiro atoms. The number of anilines is 1. The highest BCUT2D eigenvalue weighted by molar-refractivity contribution is 8.00. The standard InChI is InChI=1S/C18H23NO2S/c1-21-17(20)15-5-4-14(22-13-2-3-13)12-16(15)19-10-8-18(6-7-18)9-11-19/h4-5,12-13H,2-3,6-11H2,1H3. The number of rotatable bonds is 4. The smallest absolute Gasteiger partial charge is 0.339 e. The second kappa shape index (κ2) is 5.48. The molecule has 22 heavy (non-hydrogen) atoms. The van der Waals surface area contributed by atoms with Gasteiger partial charge in [0.2, 0.25) is 0 Å². The van der Waals surface area contributed by atoms with Crippen LogP contribution in [0.1, 0.15) is 48.9 Å².